The SMILES string of the molecule is CCOC(=O)C1(C#N)C(N)=C(C#N)C2=C(CC(C)CC2)C1c1ccccc1. The lowest BCUT2D eigenvalue weighted by Crippen LogP contribution is -2.46. The van der Waals surface area contributed by atoms with Crippen LogP contribution < -0.4 is 5.73 Å². The second-order valence-corrected chi connectivity index (χ2v) is 7.24. The molecule has 0 spiro atoms. The molecule has 2 aliphatic rings. The minimum Gasteiger partial charge on any atom is -0.464 e. The fourth-order valence-corrected chi connectivity index (χ4v) is 4.37. The molecule has 0 saturated carbocycles. The normalized spacial score (nSPS) is 27.4. The Hall–Kier alpha value is -3.05. The van der Waals surface area contributed by atoms with E-state index in [0.29, 0.717) is 5.92 Å². The molecule has 1 aromatic carbocycles. The third-order valence-corrected chi connectivity index (χ3v) is 5.64. The van der Waals surface area contributed by atoms with Gasteiger partial charge in [-0.3, -0.25) is 0 Å². The Morgan fingerprint density at radius 3 is 2.63 bits per heavy atom. The second kappa shape index (κ2) is 7.29. The fourth-order valence-electron chi connectivity index (χ4n) is 4.37. The number of hydrogen-bond acceptors (Lipinski definition) is 5. The van der Waals surface area contributed by atoms with Crippen molar-refractivity contribution in [2.24, 2.45) is 17.1 Å². The van der Waals surface area contributed by atoms with Gasteiger partial charge in [-0.1, -0.05) is 42.8 Å². The average Bonchev–Trinajstić information content (AvgIpc) is 2.68. The Kier molecular flexibility index (Phi) is 5.06. The number of rotatable bonds is 3. The fraction of sp³-hybridized carbons (Fsp3) is 0.409. The van der Waals surface area contributed by atoms with Crippen molar-refractivity contribution in [2.75, 3.05) is 6.61 Å². The van der Waals surface area contributed by atoms with Crippen LogP contribution in [0.5, 0.6) is 0 Å². The Balaban J connectivity index is 2.35. The summed E-state index contributed by atoms with van der Waals surface area (Å²) in [6, 6.07) is 13.8. The highest BCUT2D eigenvalue weighted by Gasteiger charge is 2.56. The number of hydrogen-bond donors (Lipinski definition) is 1. The van der Waals surface area contributed by atoms with Crippen LogP contribution in [-0.4, -0.2) is 12.6 Å². The Bertz CT molecular complexity index is 902. The number of carbonyl (C=O) groups excluding carboxylic acids is 1. The van der Waals surface area contributed by atoms with Gasteiger partial charge in [0.2, 0.25) is 5.41 Å². The van der Waals surface area contributed by atoms with Gasteiger partial charge < -0.3 is 10.5 Å². The van der Waals surface area contributed by atoms with Gasteiger partial charge in [-0.15, -0.1) is 0 Å². The standard InChI is InChI=1S/C22H23N3O2/c1-3-27-21(26)22(13-24)19(15-7-5-4-6-8-15)17-11-14(2)9-10-16(17)18(12-23)20(22)25/h4-8,14,19H,3,9-11,25H2,1-2H3. The number of nitriles is 2. The number of carbonyl (C=O) groups is 1. The van der Waals surface area contributed by atoms with Crippen molar-refractivity contribution in [3.8, 4) is 12.1 Å². The molecule has 0 bridgehead atoms. The molecule has 27 heavy (non-hydrogen) atoms. The molecule has 1 aromatic rings. The van der Waals surface area contributed by atoms with E-state index >= 15 is 0 Å². The van der Waals surface area contributed by atoms with Crippen molar-refractivity contribution in [3.63, 3.8) is 0 Å². The van der Waals surface area contributed by atoms with E-state index < -0.39 is 17.3 Å². The Labute approximate surface area is 159 Å². The summed E-state index contributed by atoms with van der Waals surface area (Å²) in [6.45, 7) is 3.99. The van der Waals surface area contributed by atoms with Gasteiger partial charge in [-0.25, -0.2) is 4.79 Å². The highest BCUT2D eigenvalue weighted by molar-refractivity contribution is 5.88. The van der Waals surface area contributed by atoms with Crippen molar-refractivity contribution in [1.29, 1.82) is 10.5 Å². The summed E-state index contributed by atoms with van der Waals surface area (Å²) in [5, 5.41) is 20.0. The highest BCUT2D eigenvalue weighted by Crippen LogP contribution is 2.55. The summed E-state index contributed by atoms with van der Waals surface area (Å²) >= 11 is 0. The van der Waals surface area contributed by atoms with Crippen molar-refractivity contribution >= 4 is 5.97 Å². The molecule has 3 unspecified atom stereocenters. The molecule has 138 valence electrons. The van der Waals surface area contributed by atoms with E-state index in [9.17, 15) is 15.3 Å². The zero-order valence-electron chi connectivity index (χ0n) is 15.7. The molecular weight excluding hydrogens is 338 g/mol. The lowest BCUT2D eigenvalue weighted by atomic mass is 9.58. The van der Waals surface area contributed by atoms with Crippen LogP contribution in [0.1, 0.15) is 44.6 Å². The van der Waals surface area contributed by atoms with Gasteiger partial charge in [0, 0.05) is 5.92 Å². The molecule has 0 saturated heterocycles. The molecule has 0 heterocycles. The first-order valence-corrected chi connectivity index (χ1v) is 9.27. The summed E-state index contributed by atoms with van der Waals surface area (Å²) < 4.78 is 5.29. The lowest BCUT2D eigenvalue weighted by Gasteiger charge is -2.43. The summed E-state index contributed by atoms with van der Waals surface area (Å²) in [5.74, 6) is -0.818. The average molecular weight is 361 g/mol. The van der Waals surface area contributed by atoms with E-state index in [2.05, 4.69) is 19.1 Å². The number of ether oxygens (including phenoxy) is 1. The lowest BCUT2D eigenvalue weighted by molar-refractivity contribution is -0.151. The molecule has 0 aliphatic heterocycles. The zero-order chi connectivity index (χ0) is 19.6. The summed E-state index contributed by atoms with van der Waals surface area (Å²) in [5.41, 5.74) is 7.67. The molecule has 2 N–H and O–H groups in total. The molecular formula is C22H23N3O2. The van der Waals surface area contributed by atoms with Crippen LogP contribution in [0.15, 0.2) is 52.7 Å². The van der Waals surface area contributed by atoms with Crippen LogP contribution in [-0.2, 0) is 9.53 Å². The molecule has 5 nitrogen and oxygen atoms in total. The van der Waals surface area contributed by atoms with Crippen molar-refractivity contribution in [2.45, 2.75) is 39.0 Å². The number of allylic oxidation sites excluding steroid dienone is 3. The van der Waals surface area contributed by atoms with Crippen LogP contribution in [0.4, 0.5) is 0 Å². The van der Waals surface area contributed by atoms with Gasteiger partial charge in [0.25, 0.3) is 0 Å². The van der Waals surface area contributed by atoms with E-state index in [1.807, 2.05) is 30.3 Å². The number of benzene rings is 1. The number of nitrogens with two attached hydrogens (primary N) is 1. The van der Waals surface area contributed by atoms with E-state index in [0.717, 1.165) is 36.0 Å². The largest absolute Gasteiger partial charge is 0.464 e. The Morgan fingerprint density at radius 2 is 2.04 bits per heavy atom. The zero-order valence-corrected chi connectivity index (χ0v) is 15.7. The molecule has 0 aromatic heterocycles. The number of esters is 1. The van der Waals surface area contributed by atoms with Gasteiger partial charge in [-0.2, -0.15) is 10.5 Å². The predicted octanol–water partition coefficient (Wildman–Crippen LogP) is 3.71. The molecule has 5 heteroatoms. The van der Waals surface area contributed by atoms with E-state index in [-0.39, 0.29) is 17.9 Å². The van der Waals surface area contributed by atoms with Crippen molar-refractivity contribution < 1.29 is 9.53 Å². The van der Waals surface area contributed by atoms with Crippen LogP contribution >= 0.6 is 0 Å². The summed E-state index contributed by atoms with van der Waals surface area (Å²) in [6.07, 6.45) is 2.42. The van der Waals surface area contributed by atoms with E-state index in [1.165, 1.54) is 0 Å². The first-order valence-electron chi connectivity index (χ1n) is 9.27. The number of nitrogens with zero attached hydrogens (tertiary/aromatic N) is 2. The van der Waals surface area contributed by atoms with Gasteiger partial charge in [0.1, 0.15) is 6.07 Å². The van der Waals surface area contributed by atoms with Crippen LogP contribution in [0, 0.1) is 34.0 Å². The first kappa shape index (κ1) is 18.7. The van der Waals surface area contributed by atoms with Crippen molar-refractivity contribution in [3.05, 3.63) is 58.3 Å². The summed E-state index contributed by atoms with van der Waals surface area (Å²) in [4.78, 5) is 13.1. The Morgan fingerprint density at radius 1 is 1.33 bits per heavy atom. The molecule has 0 amide bonds. The van der Waals surface area contributed by atoms with Crippen LogP contribution in [0.2, 0.25) is 0 Å². The van der Waals surface area contributed by atoms with Gasteiger partial charge in [0.15, 0.2) is 0 Å². The second-order valence-electron chi connectivity index (χ2n) is 7.24. The minimum absolute atomic E-state index is 0.0214. The van der Waals surface area contributed by atoms with Gasteiger partial charge >= 0.3 is 5.97 Å². The first-order chi connectivity index (χ1) is 13.0. The van der Waals surface area contributed by atoms with Gasteiger partial charge in [0.05, 0.1) is 23.9 Å². The summed E-state index contributed by atoms with van der Waals surface area (Å²) in [7, 11) is 0. The smallest absolute Gasteiger partial charge is 0.333 e. The molecule has 0 radical (unpaired) electrons. The maximum absolute atomic E-state index is 13.1. The van der Waals surface area contributed by atoms with Crippen LogP contribution in [0.3, 0.4) is 0 Å². The topological polar surface area (TPSA) is 99.9 Å². The molecule has 3 atom stereocenters. The molecule has 3 rings (SSSR count). The predicted molar refractivity (Wildman–Crippen MR) is 101 cm³/mol. The van der Waals surface area contributed by atoms with Crippen molar-refractivity contribution in [1.82, 2.24) is 0 Å². The van der Waals surface area contributed by atoms with E-state index in [4.69, 9.17) is 10.5 Å². The minimum atomic E-state index is -1.72. The highest BCUT2D eigenvalue weighted by atomic mass is 16.5. The quantitative estimate of drug-likeness (QED) is 0.827. The monoisotopic (exact) mass is 361 g/mol. The van der Waals surface area contributed by atoms with E-state index in [1.54, 1.807) is 6.92 Å². The molecule has 0 fully saturated rings. The third-order valence-electron chi connectivity index (χ3n) is 5.64. The maximum Gasteiger partial charge on any atom is 0.333 e. The van der Waals surface area contributed by atoms with Crippen LogP contribution in [0.25, 0.3) is 0 Å². The van der Waals surface area contributed by atoms with Gasteiger partial charge in [-0.05, 0) is 43.2 Å². The third kappa shape index (κ3) is 2.80. The maximum atomic E-state index is 13.1. The molecule has 2 aliphatic carbocycles.